The van der Waals surface area contributed by atoms with Gasteiger partial charge in [-0.15, -0.1) is 0 Å². The molecule has 0 saturated carbocycles. The number of H-pyrrole nitrogens is 1. The molecule has 2 heterocycles. The Kier molecular flexibility index (Phi) is 6.25. The number of aliphatic hydroxyl groups excluding tert-OH is 1. The van der Waals surface area contributed by atoms with E-state index in [1.165, 1.54) is 28.8 Å². The number of nitrogens with one attached hydrogen (secondary N) is 2. The first-order chi connectivity index (χ1) is 16.3. The Morgan fingerprint density at radius 2 is 1.97 bits per heavy atom. The zero-order valence-electron chi connectivity index (χ0n) is 18.6. The molecule has 172 valence electrons. The first-order valence-electron chi connectivity index (χ1n) is 10.6. The Hall–Kier alpha value is -4.29. The van der Waals surface area contributed by atoms with Crippen LogP contribution in [0.4, 0.5) is 4.39 Å². The molecule has 0 aliphatic heterocycles. The van der Waals surface area contributed by atoms with Crippen LogP contribution in [0.25, 0.3) is 16.8 Å². The summed E-state index contributed by atoms with van der Waals surface area (Å²) in [6.45, 7) is 3.72. The Bertz CT molecular complexity index is 1480. The molecule has 1 amide bonds. The van der Waals surface area contributed by atoms with Crippen molar-refractivity contribution in [2.75, 3.05) is 6.61 Å². The van der Waals surface area contributed by atoms with Gasteiger partial charge in [-0.3, -0.25) is 9.59 Å². The van der Waals surface area contributed by atoms with E-state index >= 15 is 0 Å². The number of hydrogen-bond donors (Lipinski definition) is 3. The Morgan fingerprint density at radius 1 is 1.24 bits per heavy atom. The smallest absolute Gasteiger partial charge is 0.275 e. The molecule has 0 fully saturated rings. The molecular formula is C25H22FN5O3. The SMILES string of the molecule is Cc1ccc(-c2cn3nc(C(=O)NC(CCO)c4ccc(F)cc4)c(C#N)c3c(=O)[nH]2)cc1C. The van der Waals surface area contributed by atoms with Gasteiger partial charge in [-0.1, -0.05) is 24.3 Å². The molecule has 34 heavy (non-hydrogen) atoms. The van der Waals surface area contributed by atoms with Crippen LogP contribution in [0.1, 0.15) is 45.2 Å². The number of fused-ring (bicyclic) bond motifs is 1. The van der Waals surface area contributed by atoms with Crippen molar-refractivity contribution in [3.8, 4) is 17.3 Å². The lowest BCUT2D eigenvalue weighted by molar-refractivity contribution is 0.0924. The number of nitrogens with zero attached hydrogens (tertiary/aromatic N) is 3. The predicted molar refractivity (Wildman–Crippen MR) is 124 cm³/mol. The predicted octanol–water partition coefficient (Wildman–Crippen LogP) is 3.17. The van der Waals surface area contributed by atoms with Crippen molar-refractivity contribution in [1.82, 2.24) is 19.9 Å². The normalized spacial score (nSPS) is 11.9. The summed E-state index contributed by atoms with van der Waals surface area (Å²) >= 11 is 0. The van der Waals surface area contributed by atoms with E-state index in [-0.39, 0.29) is 29.8 Å². The van der Waals surface area contributed by atoms with Gasteiger partial charge in [-0.25, -0.2) is 8.91 Å². The topological polar surface area (TPSA) is 123 Å². The van der Waals surface area contributed by atoms with Gasteiger partial charge in [0, 0.05) is 6.61 Å². The monoisotopic (exact) mass is 459 g/mol. The zero-order valence-corrected chi connectivity index (χ0v) is 18.6. The molecule has 4 rings (SSSR count). The molecular weight excluding hydrogens is 437 g/mol. The van der Waals surface area contributed by atoms with E-state index in [0.717, 1.165) is 16.7 Å². The molecule has 0 aliphatic rings. The molecule has 0 saturated heterocycles. The maximum atomic E-state index is 13.3. The van der Waals surface area contributed by atoms with Crippen LogP contribution in [0.15, 0.2) is 53.5 Å². The molecule has 8 nitrogen and oxygen atoms in total. The van der Waals surface area contributed by atoms with Gasteiger partial charge in [0.15, 0.2) is 5.69 Å². The van der Waals surface area contributed by atoms with Crippen LogP contribution in [-0.4, -0.2) is 32.2 Å². The summed E-state index contributed by atoms with van der Waals surface area (Å²) in [5.74, 6) is -1.11. The number of aromatic amines is 1. The molecule has 0 radical (unpaired) electrons. The number of hydrogen-bond acceptors (Lipinski definition) is 5. The number of carbonyl (C=O) groups excluding carboxylic acids is 1. The second-order valence-electron chi connectivity index (χ2n) is 8.01. The van der Waals surface area contributed by atoms with E-state index in [4.69, 9.17) is 0 Å². The lowest BCUT2D eigenvalue weighted by Gasteiger charge is -2.17. The van der Waals surface area contributed by atoms with Crippen molar-refractivity contribution in [3.05, 3.63) is 92.8 Å². The number of nitriles is 1. The van der Waals surface area contributed by atoms with Crippen LogP contribution in [-0.2, 0) is 0 Å². The number of benzene rings is 2. The third-order valence-electron chi connectivity index (χ3n) is 5.77. The Morgan fingerprint density at radius 3 is 2.62 bits per heavy atom. The molecule has 2 aromatic carbocycles. The number of amides is 1. The van der Waals surface area contributed by atoms with E-state index < -0.39 is 23.3 Å². The third-order valence-corrected chi connectivity index (χ3v) is 5.77. The zero-order chi connectivity index (χ0) is 24.4. The molecule has 4 aromatic rings. The number of halogens is 1. The summed E-state index contributed by atoms with van der Waals surface area (Å²) in [4.78, 5) is 28.7. The van der Waals surface area contributed by atoms with Gasteiger partial charge < -0.3 is 15.4 Å². The minimum atomic E-state index is -0.685. The third kappa shape index (κ3) is 4.31. The van der Waals surface area contributed by atoms with Gasteiger partial charge in [0.25, 0.3) is 11.5 Å². The second kappa shape index (κ2) is 9.29. The average molecular weight is 459 g/mol. The van der Waals surface area contributed by atoms with E-state index in [1.54, 1.807) is 6.20 Å². The summed E-state index contributed by atoms with van der Waals surface area (Å²) in [5.41, 5.74) is 3.03. The van der Waals surface area contributed by atoms with Gasteiger partial charge >= 0.3 is 0 Å². The maximum Gasteiger partial charge on any atom is 0.275 e. The molecule has 0 bridgehead atoms. The highest BCUT2D eigenvalue weighted by molar-refractivity contribution is 5.97. The standard InChI is InChI=1S/C25H22FN5O3/c1-14-3-4-17(11-15(14)2)21-13-31-23(25(34)29-21)19(12-27)22(30-31)24(33)28-20(9-10-32)16-5-7-18(26)8-6-16/h3-8,11,13,20,32H,9-10H2,1-2H3,(H,28,33)(H,29,34). The van der Waals surface area contributed by atoms with Crippen LogP contribution in [0.5, 0.6) is 0 Å². The fourth-order valence-corrected chi connectivity index (χ4v) is 3.77. The molecule has 0 aliphatic carbocycles. The minimum absolute atomic E-state index is 0.0410. The average Bonchev–Trinajstić information content (AvgIpc) is 3.20. The molecule has 0 spiro atoms. The van der Waals surface area contributed by atoms with Gasteiger partial charge in [-0.05, 0) is 60.7 Å². The number of aryl methyl sites for hydroxylation is 2. The number of aliphatic hydroxyl groups is 1. The Labute approximate surface area is 194 Å². The van der Waals surface area contributed by atoms with Crippen LogP contribution in [0, 0.1) is 31.0 Å². The van der Waals surface area contributed by atoms with Gasteiger partial charge in [0.2, 0.25) is 0 Å². The maximum absolute atomic E-state index is 13.3. The summed E-state index contributed by atoms with van der Waals surface area (Å²) < 4.78 is 14.5. The Balaban J connectivity index is 1.74. The summed E-state index contributed by atoms with van der Waals surface area (Å²) in [5, 5.41) is 26.1. The highest BCUT2D eigenvalue weighted by Gasteiger charge is 2.24. The van der Waals surface area contributed by atoms with Crippen molar-refractivity contribution in [3.63, 3.8) is 0 Å². The second-order valence-corrected chi connectivity index (χ2v) is 8.01. The first kappa shape index (κ1) is 22.9. The van der Waals surface area contributed by atoms with E-state index in [9.17, 15) is 24.3 Å². The van der Waals surface area contributed by atoms with E-state index in [2.05, 4.69) is 15.4 Å². The van der Waals surface area contributed by atoms with Gasteiger partial charge in [-0.2, -0.15) is 10.4 Å². The van der Waals surface area contributed by atoms with Crippen molar-refractivity contribution in [1.29, 1.82) is 5.26 Å². The number of rotatable bonds is 6. The van der Waals surface area contributed by atoms with Crippen molar-refractivity contribution in [2.45, 2.75) is 26.3 Å². The molecule has 2 aromatic heterocycles. The molecule has 1 unspecified atom stereocenters. The molecule has 1 atom stereocenters. The number of aromatic nitrogens is 3. The van der Waals surface area contributed by atoms with Crippen LogP contribution in [0.2, 0.25) is 0 Å². The molecule has 3 N–H and O–H groups in total. The molecule has 9 heteroatoms. The fourth-order valence-electron chi connectivity index (χ4n) is 3.77. The van der Waals surface area contributed by atoms with Crippen molar-refractivity contribution >= 4 is 11.4 Å². The summed E-state index contributed by atoms with van der Waals surface area (Å²) in [6, 6.07) is 12.5. The van der Waals surface area contributed by atoms with Crippen molar-refractivity contribution < 1.29 is 14.3 Å². The fraction of sp³-hybridized carbons (Fsp3) is 0.200. The summed E-state index contributed by atoms with van der Waals surface area (Å²) in [6.07, 6.45) is 1.73. The van der Waals surface area contributed by atoms with Crippen molar-refractivity contribution in [2.24, 2.45) is 0 Å². The highest BCUT2D eigenvalue weighted by Crippen LogP contribution is 2.22. The quantitative estimate of drug-likeness (QED) is 0.409. The van der Waals surface area contributed by atoms with Gasteiger partial charge in [0.1, 0.15) is 23.0 Å². The first-order valence-corrected chi connectivity index (χ1v) is 10.6. The minimum Gasteiger partial charge on any atom is -0.396 e. The highest BCUT2D eigenvalue weighted by atomic mass is 19.1. The largest absolute Gasteiger partial charge is 0.396 e. The lowest BCUT2D eigenvalue weighted by Crippen LogP contribution is -2.30. The summed E-state index contributed by atoms with van der Waals surface area (Å²) in [7, 11) is 0. The number of carbonyl (C=O) groups is 1. The van der Waals surface area contributed by atoms with Crippen LogP contribution >= 0.6 is 0 Å². The van der Waals surface area contributed by atoms with Crippen LogP contribution < -0.4 is 10.9 Å². The lowest BCUT2D eigenvalue weighted by atomic mass is 10.0. The van der Waals surface area contributed by atoms with E-state index in [0.29, 0.717) is 11.3 Å². The van der Waals surface area contributed by atoms with E-state index in [1.807, 2.05) is 38.1 Å². The van der Waals surface area contributed by atoms with Crippen LogP contribution in [0.3, 0.4) is 0 Å². The van der Waals surface area contributed by atoms with Gasteiger partial charge in [0.05, 0.1) is 17.9 Å².